The van der Waals surface area contributed by atoms with Crippen LogP contribution in [0.3, 0.4) is 0 Å². The summed E-state index contributed by atoms with van der Waals surface area (Å²) >= 11 is 0. The Hall–Kier alpha value is -3.52. The van der Waals surface area contributed by atoms with E-state index >= 15 is 0 Å². The third-order valence-corrected chi connectivity index (χ3v) is 6.73. The smallest absolute Gasteiger partial charge is 0.264 e. The number of carbonyl (C=O) groups is 1. The number of sulfonamides is 1. The van der Waals surface area contributed by atoms with E-state index in [2.05, 4.69) is 0 Å². The van der Waals surface area contributed by atoms with Gasteiger partial charge in [0.1, 0.15) is 18.0 Å². The number of ether oxygens (including phenoxy) is 2. The van der Waals surface area contributed by atoms with Gasteiger partial charge in [-0.05, 0) is 29.8 Å². The minimum atomic E-state index is -4.06. The fourth-order valence-corrected chi connectivity index (χ4v) is 4.64. The average molecular weight is 455 g/mol. The first-order chi connectivity index (χ1) is 15.4. The Labute approximate surface area is 188 Å². The molecule has 0 aliphatic carbocycles. The summed E-state index contributed by atoms with van der Waals surface area (Å²) in [5.41, 5.74) is 1.16. The van der Waals surface area contributed by atoms with Crippen LogP contribution in [-0.4, -0.2) is 47.0 Å². The standard InChI is InChI=1S/C24H26N2O5S/c1-25(17-19-10-6-4-7-11-19)24(27)18-26(32(28,29)21-12-8-5-9-13-21)22-16-20(30-2)14-15-23(22)31-3/h4-16H,17-18H2,1-3H3. The van der Waals surface area contributed by atoms with Gasteiger partial charge in [0.25, 0.3) is 10.0 Å². The number of hydrogen-bond acceptors (Lipinski definition) is 5. The van der Waals surface area contributed by atoms with Crippen molar-refractivity contribution in [1.29, 1.82) is 0 Å². The van der Waals surface area contributed by atoms with E-state index in [9.17, 15) is 13.2 Å². The van der Waals surface area contributed by atoms with Gasteiger partial charge in [-0.25, -0.2) is 8.42 Å². The molecule has 1 amide bonds. The summed E-state index contributed by atoms with van der Waals surface area (Å²) in [6.07, 6.45) is 0. The molecule has 0 aliphatic heterocycles. The molecule has 0 spiro atoms. The number of nitrogens with zero attached hydrogens (tertiary/aromatic N) is 2. The number of rotatable bonds is 9. The number of carbonyl (C=O) groups excluding carboxylic acids is 1. The summed E-state index contributed by atoms with van der Waals surface area (Å²) in [5.74, 6) is 0.390. The van der Waals surface area contributed by atoms with Crippen LogP contribution in [0.25, 0.3) is 0 Å². The van der Waals surface area contributed by atoms with Crippen molar-refractivity contribution in [2.45, 2.75) is 11.4 Å². The highest BCUT2D eigenvalue weighted by Crippen LogP contribution is 2.35. The molecule has 3 aromatic carbocycles. The molecule has 32 heavy (non-hydrogen) atoms. The zero-order chi connectivity index (χ0) is 23.1. The van der Waals surface area contributed by atoms with Crippen molar-refractivity contribution < 1.29 is 22.7 Å². The van der Waals surface area contributed by atoms with Crippen LogP contribution in [-0.2, 0) is 21.4 Å². The highest BCUT2D eigenvalue weighted by atomic mass is 32.2. The van der Waals surface area contributed by atoms with E-state index in [1.54, 1.807) is 43.4 Å². The van der Waals surface area contributed by atoms with Crippen molar-refractivity contribution in [2.75, 3.05) is 32.1 Å². The van der Waals surface area contributed by atoms with Gasteiger partial charge in [0.2, 0.25) is 5.91 Å². The van der Waals surface area contributed by atoms with E-state index in [1.807, 2.05) is 30.3 Å². The monoisotopic (exact) mass is 454 g/mol. The van der Waals surface area contributed by atoms with Crippen LogP contribution < -0.4 is 13.8 Å². The maximum atomic E-state index is 13.6. The first kappa shape index (κ1) is 23.1. The lowest BCUT2D eigenvalue weighted by molar-refractivity contribution is -0.128. The van der Waals surface area contributed by atoms with E-state index in [0.717, 1.165) is 9.87 Å². The number of likely N-dealkylation sites (N-methyl/N-ethyl adjacent to an activating group) is 1. The molecule has 3 aromatic rings. The van der Waals surface area contributed by atoms with Crippen molar-refractivity contribution in [1.82, 2.24) is 4.90 Å². The maximum absolute atomic E-state index is 13.6. The minimum Gasteiger partial charge on any atom is -0.497 e. The molecule has 8 heteroatoms. The van der Waals surface area contributed by atoms with Crippen molar-refractivity contribution in [3.05, 3.63) is 84.4 Å². The highest BCUT2D eigenvalue weighted by molar-refractivity contribution is 7.92. The van der Waals surface area contributed by atoms with Gasteiger partial charge in [0.05, 0.1) is 24.8 Å². The molecule has 168 valence electrons. The lowest BCUT2D eigenvalue weighted by Gasteiger charge is -2.28. The van der Waals surface area contributed by atoms with Crippen LogP contribution in [0, 0.1) is 0 Å². The van der Waals surface area contributed by atoms with Gasteiger partial charge in [0, 0.05) is 19.7 Å². The predicted molar refractivity (Wildman–Crippen MR) is 123 cm³/mol. The minimum absolute atomic E-state index is 0.0726. The Morgan fingerprint density at radius 3 is 2.09 bits per heavy atom. The first-order valence-electron chi connectivity index (χ1n) is 9.94. The molecular weight excluding hydrogens is 428 g/mol. The lowest BCUT2D eigenvalue weighted by Crippen LogP contribution is -2.41. The van der Waals surface area contributed by atoms with E-state index in [4.69, 9.17) is 9.47 Å². The Morgan fingerprint density at radius 2 is 1.50 bits per heavy atom. The van der Waals surface area contributed by atoms with Crippen molar-refractivity contribution in [2.24, 2.45) is 0 Å². The maximum Gasteiger partial charge on any atom is 0.264 e. The summed E-state index contributed by atoms with van der Waals surface area (Å²) in [6.45, 7) is -0.0434. The van der Waals surface area contributed by atoms with Crippen molar-refractivity contribution in [3.8, 4) is 11.5 Å². The predicted octanol–water partition coefficient (Wildman–Crippen LogP) is 3.56. The van der Waals surface area contributed by atoms with E-state index in [0.29, 0.717) is 18.0 Å². The summed E-state index contributed by atoms with van der Waals surface area (Å²) in [6, 6.07) is 22.3. The van der Waals surface area contributed by atoms with Crippen molar-refractivity contribution >= 4 is 21.6 Å². The topological polar surface area (TPSA) is 76.2 Å². The number of benzene rings is 3. The number of amides is 1. The Kier molecular flexibility index (Phi) is 7.37. The molecule has 0 aromatic heterocycles. The molecule has 3 rings (SSSR count). The van der Waals surface area contributed by atoms with Gasteiger partial charge >= 0.3 is 0 Å². The third kappa shape index (κ3) is 5.20. The van der Waals surface area contributed by atoms with Crippen LogP contribution in [0.15, 0.2) is 83.8 Å². The Morgan fingerprint density at radius 1 is 0.875 bits per heavy atom. The second kappa shape index (κ2) is 10.2. The fourth-order valence-electron chi connectivity index (χ4n) is 3.20. The molecule has 0 heterocycles. The third-order valence-electron chi connectivity index (χ3n) is 4.95. The van der Waals surface area contributed by atoms with Crippen molar-refractivity contribution in [3.63, 3.8) is 0 Å². The fraction of sp³-hybridized carbons (Fsp3) is 0.208. The largest absolute Gasteiger partial charge is 0.497 e. The van der Waals surface area contributed by atoms with Crippen LogP contribution in [0.1, 0.15) is 5.56 Å². The van der Waals surface area contributed by atoms with Gasteiger partial charge in [-0.2, -0.15) is 0 Å². The van der Waals surface area contributed by atoms with E-state index < -0.39 is 16.6 Å². The summed E-state index contributed by atoms with van der Waals surface area (Å²) < 4.78 is 38.9. The second-order valence-electron chi connectivity index (χ2n) is 7.10. The molecule has 0 aliphatic rings. The summed E-state index contributed by atoms with van der Waals surface area (Å²) in [4.78, 5) is 14.7. The zero-order valence-corrected chi connectivity index (χ0v) is 19.1. The normalized spacial score (nSPS) is 11.0. The van der Waals surface area contributed by atoms with Gasteiger partial charge in [-0.15, -0.1) is 0 Å². The molecule has 0 saturated heterocycles. The SMILES string of the molecule is COc1ccc(OC)c(N(CC(=O)N(C)Cc2ccccc2)S(=O)(=O)c2ccccc2)c1. The average Bonchev–Trinajstić information content (AvgIpc) is 2.83. The number of methoxy groups -OCH3 is 2. The molecule has 7 nitrogen and oxygen atoms in total. The highest BCUT2D eigenvalue weighted by Gasteiger charge is 2.30. The van der Waals surface area contributed by atoms with Gasteiger partial charge in [-0.1, -0.05) is 48.5 Å². The van der Waals surface area contributed by atoms with E-state index in [1.165, 1.54) is 31.3 Å². The Balaban J connectivity index is 2.01. The van der Waals surface area contributed by atoms with Crippen LogP contribution in [0.2, 0.25) is 0 Å². The lowest BCUT2D eigenvalue weighted by atomic mass is 10.2. The quantitative estimate of drug-likeness (QED) is 0.494. The molecule has 0 radical (unpaired) electrons. The van der Waals surface area contributed by atoms with Crippen LogP contribution >= 0.6 is 0 Å². The summed E-state index contributed by atoms with van der Waals surface area (Å²) in [5, 5.41) is 0. The van der Waals surface area contributed by atoms with Gasteiger partial charge < -0.3 is 14.4 Å². The first-order valence-corrected chi connectivity index (χ1v) is 11.4. The molecule has 0 atom stereocenters. The molecule has 0 fully saturated rings. The van der Waals surface area contributed by atoms with E-state index in [-0.39, 0.29) is 16.5 Å². The van der Waals surface area contributed by atoms with Gasteiger partial charge in [0.15, 0.2) is 0 Å². The number of anilines is 1. The van der Waals surface area contributed by atoms with Crippen LogP contribution in [0.5, 0.6) is 11.5 Å². The molecular formula is C24H26N2O5S. The van der Waals surface area contributed by atoms with Gasteiger partial charge in [-0.3, -0.25) is 9.10 Å². The summed E-state index contributed by atoms with van der Waals surface area (Å²) in [7, 11) is 0.514. The Bertz CT molecular complexity index is 1150. The molecule has 0 saturated carbocycles. The number of hydrogen-bond donors (Lipinski definition) is 0. The molecule has 0 bridgehead atoms. The zero-order valence-electron chi connectivity index (χ0n) is 18.3. The molecule has 0 unspecified atom stereocenters. The molecule has 0 N–H and O–H groups in total. The second-order valence-corrected chi connectivity index (χ2v) is 8.96. The van der Waals surface area contributed by atoms with Crippen LogP contribution in [0.4, 0.5) is 5.69 Å².